The van der Waals surface area contributed by atoms with E-state index in [4.69, 9.17) is 0 Å². The maximum Gasteiger partial charge on any atom is 0.230 e. The van der Waals surface area contributed by atoms with Crippen LogP contribution in [0.4, 0.5) is 0 Å². The van der Waals surface area contributed by atoms with Gasteiger partial charge in [0.15, 0.2) is 5.16 Å². The number of aromatic amines is 1. The number of carbonyl (C=O) groups excluding carboxylic acids is 1. The number of imidazole rings is 1. The van der Waals surface area contributed by atoms with Crippen LogP contribution in [0.3, 0.4) is 0 Å². The predicted molar refractivity (Wildman–Crippen MR) is 85.3 cm³/mol. The first kappa shape index (κ1) is 15.9. The minimum absolute atomic E-state index is 0.0946. The van der Waals surface area contributed by atoms with Gasteiger partial charge in [-0.25, -0.2) is 4.98 Å². The molecule has 0 saturated carbocycles. The third-order valence-electron chi connectivity index (χ3n) is 3.52. The largest absolute Gasteiger partial charge is 0.391 e. The summed E-state index contributed by atoms with van der Waals surface area (Å²) in [4.78, 5) is 19.3. The van der Waals surface area contributed by atoms with Crippen LogP contribution in [0.25, 0.3) is 11.0 Å². The Kier molecular flexibility index (Phi) is 5.64. The number of hydrogen-bond acceptors (Lipinski definition) is 4. The number of carbonyl (C=O) groups is 1. The molecule has 0 aliphatic rings. The van der Waals surface area contributed by atoms with E-state index < -0.39 is 6.10 Å². The zero-order valence-electron chi connectivity index (χ0n) is 12.3. The van der Waals surface area contributed by atoms with E-state index in [9.17, 15) is 9.90 Å². The van der Waals surface area contributed by atoms with Gasteiger partial charge in [0.25, 0.3) is 0 Å². The van der Waals surface area contributed by atoms with Crippen molar-refractivity contribution in [2.75, 3.05) is 12.3 Å². The standard InChI is InChI=1S/C15H21N3O2S/c1-3-10(2)13(19)8-16-14(20)9-21-15-17-11-6-4-5-7-12(11)18-15/h4-7,10,13,19H,3,8-9H2,1-2H3,(H,16,20)(H,17,18). The van der Waals surface area contributed by atoms with Crippen molar-refractivity contribution in [3.05, 3.63) is 24.3 Å². The molecule has 0 saturated heterocycles. The second-order valence-corrected chi connectivity index (χ2v) is 6.07. The molecule has 0 aliphatic heterocycles. The lowest BCUT2D eigenvalue weighted by Crippen LogP contribution is -2.36. The lowest BCUT2D eigenvalue weighted by molar-refractivity contribution is -0.119. The second kappa shape index (κ2) is 7.47. The molecule has 3 N–H and O–H groups in total. The summed E-state index contributed by atoms with van der Waals surface area (Å²) in [6.07, 6.45) is 0.403. The summed E-state index contributed by atoms with van der Waals surface area (Å²) in [5.41, 5.74) is 1.86. The Balaban J connectivity index is 1.78. The number of amides is 1. The van der Waals surface area contributed by atoms with Crippen molar-refractivity contribution in [3.8, 4) is 0 Å². The molecule has 5 nitrogen and oxygen atoms in total. The van der Waals surface area contributed by atoms with Gasteiger partial charge >= 0.3 is 0 Å². The van der Waals surface area contributed by atoms with Crippen molar-refractivity contribution in [1.82, 2.24) is 15.3 Å². The molecular weight excluding hydrogens is 286 g/mol. The zero-order valence-corrected chi connectivity index (χ0v) is 13.1. The summed E-state index contributed by atoms with van der Waals surface area (Å²) in [6.45, 7) is 4.29. The number of thioether (sulfide) groups is 1. The number of aromatic nitrogens is 2. The van der Waals surface area contributed by atoms with Crippen molar-refractivity contribution in [2.24, 2.45) is 5.92 Å². The zero-order chi connectivity index (χ0) is 15.2. The van der Waals surface area contributed by atoms with Gasteiger partial charge in [0.2, 0.25) is 5.91 Å². The molecule has 6 heteroatoms. The third kappa shape index (κ3) is 4.47. The summed E-state index contributed by atoms with van der Waals surface area (Å²) in [5, 5.41) is 13.3. The molecule has 2 aromatic rings. The van der Waals surface area contributed by atoms with Crippen molar-refractivity contribution in [1.29, 1.82) is 0 Å². The highest BCUT2D eigenvalue weighted by molar-refractivity contribution is 7.99. The van der Waals surface area contributed by atoms with Gasteiger partial charge in [0.05, 0.1) is 22.9 Å². The summed E-state index contributed by atoms with van der Waals surface area (Å²) in [7, 11) is 0. The molecule has 21 heavy (non-hydrogen) atoms. The van der Waals surface area contributed by atoms with E-state index in [1.54, 1.807) is 0 Å². The quantitative estimate of drug-likeness (QED) is 0.685. The molecule has 0 bridgehead atoms. The van der Waals surface area contributed by atoms with Gasteiger partial charge in [-0.2, -0.15) is 0 Å². The predicted octanol–water partition coefficient (Wildman–Crippen LogP) is 2.18. The first-order chi connectivity index (χ1) is 10.1. The number of H-pyrrole nitrogens is 1. The average molecular weight is 307 g/mol. The van der Waals surface area contributed by atoms with Crippen LogP contribution < -0.4 is 5.32 Å². The Morgan fingerprint density at radius 1 is 1.48 bits per heavy atom. The third-order valence-corrected chi connectivity index (χ3v) is 4.39. The Morgan fingerprint density at radius 2 is 2.24 bits per heavy atom. The second-order valence-electron chi connectivity index (χ2n) is 5.10. The highest BCUT2D eigenvalue weighted by Gasteiger charge is 2.13. The van der Waals surface area contributed by atoms with Gasteiger partial charge in [-0.3, -0.25) is 4.79 Å². The number of aliphatic hydroxyl groups excluding tert-OH is 1. The minimum atomic E-state index is -0.491. The highest BCUT2D eigenvalue weighted by atomic mass is 32.2. The number of nitrogens with zero attached hydrogens (tertiary/aromatic N) is 1. The van der Waals surface area contributed by atoms with Gasteiger partial charge in [-0.15, -0.1) is 0 Å². The lowest BCUT2D eigenvalue weighted by atomic mass is 10.0. The molecule has 1 amide bonds. The van der Waals surface area contributed by atoms with Crippen molar-refractivity contribution >= 4 is 28.7 Å². The number of fused-ring (bicyclic) bond motifs is 1. The molecule has 0 aliphatic carbocycles. The summed E-state index contributed by atoms with van der Waals surface area (Å²) in [6, 6.07) is 7.76. The number of rotatable bonds is 7. The minimum Gasteiger partial charge on any atom is -0.391 e. The van der Waals surface area contributed by atoms with Crippen molar-refractivity contribution < 1.29 is 9.90 Å². The normalized spacial score (nSPS) is 14.0. The van der Waals surface area contributed by atoms with Crippen LogP contribution >= 0.6 is 11.8 Å². The number of benzene rings is 1. The van der Waals surface area contributed by atoms with Gasteiger partial charge in [-0.1, -0.05) is 44.2 Å². The van der Waals surface area contributed by atoms with E-state index in [-0.39, 0.29) is 17.6 Å². The topological polar surface area (TPSA) is 78.0 Å². The van der Waals surface area contributed by atoms with E-state index in [1.165, 1.54) is 11.8 Å². The number of nitrogens with one attached hydrogen (secondary N) is 2. The number of hydrogen-bond donors (Lipinski definition) is 3. The molecule has 2 unspecified atom stereocenters. The summed E-state index contributed by atoms with van der Waals surface area (Å²) < 4.78 is 0. The molecular formula is C15H21N3O2S. The smallest absolute Gasteiger partial charge is 0.230 e. The molecule has 1 aromatic heterocycles. The summed E-state index contributed by atoms with van der Waals surface area (Å²) in [5.74, 6) is 0.378. The Bertz CT molecular complexity index is 566. The Labute approximate surface area is 128 Å². The van der Waals surface area contributed by atoms with Gasteiger partial charge < -0.3 is 15.4 Å². The van der Waals surface area contributed by atoms with E-state index in [0.29, 0.717) is 6.54 Å². The van der Waals surface area contributed by atoms with E-state index >= 15 is 0 Å². The Hall–Kier alpha value is -1.53. The monoisotopic (exact) mass is 307 g/mol. The SMILES string of the molecule is CCC(C)C(O)CNC(=O)CSc1nc2ccccc2[nH]1. The fraction of sp³-hybridized carbons (Fsp3) is 0.467. The van der Waals surface area contributed by atoms with E-state index in [1.807, 2.05) is 38.1 Å². The van der Waals surface area contributed by atoms with Crippen LogP contribution in [-0.2, 0) is 4.79 Å². The van der Waals surface area contributed by atoms with Gasteiger partial charge in [-0.05, 0) is 18.1 Å². The molecule has 0 spiro atoms. The number of para-hydroxylation sites is 2. The maximum atomic E-state index is 11.8. The molecule has 2 atom stereocenters. The van der Waals surface area contributed by atoms with Crippen molar-refractivity contribution in [3.63, 3.8) is 0 Å². The molecule has 1 aromatic carbocycles. The summed E-state index contributed by atoms with van der Waals surface area (Å²) >= 11 is 1.36. The lowest BCUT2D eigenvalue weighted by Gasteiger charge is -2.17. The van der Waals surface area contributed by atoms with E-state index in [2.05, 4.69) is 15.3 Å². The van der Waals surface area contributed by atoms with Crippen LogP contribution in [0.1, 0.15) is 20.3 Å². The van der Waals surface area contributed by atoms with Crippen LogP contribution in [0.15, 0.2) is 29.4 Å². The molecule has 2 rings (SSSR count). The molecule has 0 radical (unpaired) electrons. The average Bonchev–Trinajstić information content (AvgIpc) is 2.92. The fourth-order valence-electron chi connectivity index (χ4n) is 1.87. The molecule has 0 fully saturated rings. The van der Waals surface area contributed by atoms with E-state index in [0.717, 1.165) is 22.6 Å². The fourth-order valence-corrected chi connectivity index (χ4v) is 2.59. The molecule has 1 heterocycles. The maximum absolute atomic E-state index is 11.8. The Morgan fingerprint density at radius 3 is 2.95 bits per heavy atom. The number of aliphatic hydroxyl groups is 1. The van der Waals surface area contributed by atoms with Gasteiger partial charge in [0.1, 0.15) is 0 Å². The first-order valence-corrected chi connectivity index (χ1v) is 8.11. The van der Waals surface area contributed by atoms with Crippen LogP contribution in [-0.4, -0.2) is 39.4 Å². The van der Waals surface area contributed by atoms with Crippen molar-refractivity contribution in [2.45, 2.75) is 31.5 Å². The van der Waals surface area contributed by atoms with Crippen LogP contribution in [0.2, 0.25) is 0 Å². The van der Waals surface area contributed by atoms with Crippen LogP contribution in [0.5, 0.6) is 0 Å². The van der Waals surface area contributed by atoms with Gasteiger partial charge in [0, 0.05) is 6.54 Å². The highest BCUT2D eigenvalue weighted by Crippen LogP contribution is 2.18. The molecule has 114 valence electrons. The van der Waals surface area contributed by atoms with Crippen LogP contribution in [0, 0.1) is 5.92 Å². The first-order valence-electron chi connectivity index (χ1n) is 7.12.